The van der Waals surface area contributed by atoms with Gasteiger partial charge in [-0.2, -0.15) is 0 Å². The molecule has 0 unspecified atom stereocenters. The molecule has 0 aliphatic carbocycles. The van der Waals surface area contributed by atoms with Gasteiger partial charge in [-0.25, -0.2) is 14.8 Å². The molecule has 3 amide bonds. The van der Waals surface area contributed by atoms with Crippen molar-refractivity contribution in [1.29, 1.82) is 0 Å². The summed E-state index contributed by atoms with van der Waals surface area (Å²) in [6.07, 6.45) is 4.40. The van der Waals surface area contributed by atoms with Crippen molar-refractivity contribution >= 4 is 57.0 Å². The zero-order valence-corrected chi connectivity index (χ0v) is 37.3. The number of nitrogens with two attached hydrogens (primary N) is 1. The molecule has 8 bridgehead atoms. The number of carbonyl (C=O) groups excluding carboxylic acids is 4. The summed E-state index contributed by atoms with van der Waals surface area (Å²) in [6.45, 7) is 14.4. The minimum atomic E-state index is -0.549. The first kappa shape index (κ1) is 45.5. The number of esters is 1. The minimum absolute atomic E-state index is 0.0381. The summed E-state index contributed by atoms with van der Waals surface area (Å²) in [4.78, 5) is 78.6. The van der Waals surface area contributed by atoms with Crippen LogP contribution < -0.4 is 5.73 Å². The van der Waals surface area contributed by atoms with Crippen LogP contribution in [0.25, 0.3) is 33.3 Å². The predicted molar refractivity (Wildman–Crippen MR) is 240 cm³/mol. The maximum Gasteiger partial charge on any atom is 0.330 e. The van der Waals surface area contributed by atoms with E-state index in [9.17, 15) is 14.4 Å². The molecule has 5 N–H and O–H groups in total. The van der Waals surface area contributed by atoms with E-state index < -0.39 is 11.9 Å². The first-order chi connectivity index (χ1) is 30.4. The molecule has 16 heteroatoms. The normalized spacial score (nSPS) is 18.5. The van der Waals surface area contributed by atoms with Crippen LogP contribution in [0.5, 0.6) is 0 Å². The molecule has 1 fully saturated rings. The number of carbonyl (C=O) groups is 4. The number of aryl methyl sites for hydroxylation is 1. The zero-order valence-electron chi connectivity index (χ0n) is 37.3. The Balaban J connectivity index is 1.44. The molecule has 5 aliphatic heterocycles. The smallest absolute Gasteiger partial charge is 0.330 e. The van der Waals surface area contributed by atoms with Gasteiger partial charge in [0.05, 0.1) is 72.5 Å². The van der Waals surface area contributed by atoms with E-state index in [0.717, 1.165) is 28.1 Å². The summed E-state index contributed by atoms with van der Waals surface area (Å²) in [5.41, 5.74) is 16.1. The van der Waals surface area contributed by atoms with E-state index in [1.807, 2.05) is 39.0 Å². The second kappa shape index (κ2) is 19.9. The average molecular weight is 865 g/mol. The van der Waals surface area contributed by atoms with Crippen LogP contribution >= 0.6 is 0 Å². The monoisotopic (exact) mass is 864 g/mol. The Morgan fingerprint density at radius 3 is 2.43 bits per heavy atom. The summed E-state index contributed by atoms with van der Waals surface area (Å²) < 4.78 is 16.1. The Hall–Kier alpha value is -5.52. The highest BCUT2D eigenvalue weighted by atomic mass is 16.6. The number of ether oxygens (including phenoxy) is 3. The summed E-state index contributed by atoms with van der Waals surface area (Å²) in [6, 6.07) is 5.86. The average Bonchev–Trinajstić information content (AvgIpc) is 3.95. The van der Waals surface area contributed by atoms with E-state index in [4.69, 9.17) is 35.0 Å². The highest BCUT2D eigenvalue weighted by Crippen LogP contribution is 2.45. The van der Waals surface area contributed by atoms with E-state index in [-0.39, 0.29) is 63.0 Å². The molecular weight excluding hydrogens is 805 g/mol. The van der Waals surface area contributed by atoms with Crippen molar-refractivity contribution in [2.24, 2.45) is 5.73 Å². The molecular formula is C47H60N8O8. The van der Waals surface area contributed by atoms with Crippen LogP contribution in [-0.4, -0.2) is 149 Å². The Morgan fingerprint density at radius 2 is 1.70 bits per heavy atom. The summed E-state index contributed by atoms with van der Waals surface area (Å²) in [5, 5.41) is 8.97. The number of amides is 3. The first-order valence-electron chi connectivity index (χ1n) is 22.0. The second-order valence-corrected chi connectivity index (χ2v) is 16.6. The summed E-state index contributed by atoms with van der Waals surface area (Å²) in [7, 11) is 1.74. The second-order valence-electron chi connectivity index (χ2n) is 16.6. The topological polar surface area (TPSA) is 209 Å². The molecule has 0 spiro atoms. The van der Waals surface area contributed by atoms with Crippen LogP contribution in [0, 0.1) is 6.92 Å². The SMILES string of the molecule is CCC1=C(C)c2cc3nc(cc4[nH]c(c5c6[nH]c(cc1n2)c(C)c6C(=O)N(CCN1CCOCC1)C5=O)[C@@H](CCC(=O)N(C)CCN)[C@@H]4C)C(C)=C3/C=C/C(=O)OCCOCCO. The number of imide groups is 1. The number of rotatable bonds is 16. The van der Waals surface area contributed by atoms with Gasteiger partial charge in [-0.1, -0.05) is 13.8 Å². The van der Waals surface area contributed by atoms with Crippen LogP contribution in [0.3, 0.4) is 0 Å². The van der Waals surface area contributed by atoms with Crippen molar-refractivity contribution < 1.29 is 38.5 Å². The Morgan fingerprint density at radius 1 is 0.968 bits per heavy atom. The maximum atomic E-state index is 15.1. The Bertz CT molecular complexity index is 2440. The van der Waals surface area contributed by atoms with Crippen molar-refractivity contribution in [3.8, 4) is 0 Å². The van der Waals surface area contributed by atoms with Gasteiger partial charge in [0.25, 0.3) is 11.8 Å². The molecule has 2 aromatic heterocycles. The fraction of sp³-hybridized carbons (Fsp3) is 0.489. The number of aliphatic hydroxyl groups is 1. The van der Waals surface area contributed by atoms with Crippen molar-refractivity contribution in [3.05, 3.63) is 81.2 Å². The van der Waals surface area contributed by atoms with Crippen LogP contribution in [0.2, 0.25) is 0 Å². The third-order valence-corrected chi connectivity index (χ3v) is 12.8. The number of allylic oxidation sites excluding steroid dienone is 5. The number of fused-ring (bicyclic) bond motifs is 8. The number of hydrogen-bond donors (Lipinski definition) is 4. The van der Waals surface area contributed by atoms with Crippen LogP contribution in [-0.2, 0) is 23.8 Å². The van der Waals surface area contributed by atoms with Gasteiger partial charge in [0.15, 0.2) is 0 Å². The lowest BCUT2D eigenvalue weighted by Crippen LogP contribution is -2.47. The molecule has 5 aliphatic rings. The Labute approximate surface area is 367 Å². The fourth-order valence-corrected chi connectivity index (χ4v) is 9.01. The lowest BCUT2D eigenvalue weighted by atomic mass is 9.84. The molecule has 0 saturated carbocycles. The quantitative estimate of drug-likeness (QED) is 0.0781. The van der Waals surface area contributed by atoms with Crippen LogP contribution in [0.1, 0.15) is 119 Å². The number of likely N-dealkylation sites (N-methyl/N-ethyl adjacent to an activating group) is 1. The largest absolute Gasteiger partial charge is 0.460 e. The molecule has 7 heterocycles. The molecule has 7 rings (SSSR count). The number of aromatic amines is 2. The van der Waals surface area contributed by atoms with Gasteiger partial charge in [0.2, 0.25) is 5.91 Å². The predicted octanol–water partition coefficient (Wildman–Crippen LogP) is 4.74. The van der Waals surface area contributed by atoms with Crippen molar-refractivity contribution in [1.82, 2.24) is 34.6 Å². The molecule has 16 nitrogen and oxygen atoms in total. The van der Waals surface area contributed by atoms with E-state index in [1.165, 1.54) is 11.0 Å². The molecule has 0 radical (unpaired) electrons. The van der Waals surface area contributed by atoms with Gasteiger partial charge in [0, 0.05) is 93.1 Å². The van der Waals surface area contributed by atoms with E-state index in [2.05, 4.69) is 28.7 Å². The van der Waals surface area contributed by atoms with E-state index in [1.54, 1.807) is 18.0 Å². The molecule has 2 atom stereocenters. The third kappa shape index (κ3) is 9.41. The number of hydrogen-bond acceptors (Lipinski definition) is 12. The highest BCUT2D eigenvalue weighted by molar-refractivity contribution is 6.23. The van der Waals surface area contributed by atoms with Crippen LogP contribution in [0.15, 0.2) is 30.4 Å². The number of morpholine rings is 1. The van der Waals surface area contributed by atoms with Gasteiger partial charge >= 0.3 is 5.97 Å². The van der Waals surface area contributed by atoms with Gasteiger partial charge in [-0.05, 0) is 80.2 Å². The number of H-pyrrole nitrogens is 2. The fourth-order valence-electron chi connectivity index (χ4n) is 9.01. The summed E-state index contributed by atoms with van der Waals surface area (Å²) in [5.74, 6) is -1.87. The summed E-state index contributed by atoms with van der Waals surface area (Å²) >= 11 is 0. The molecule has 2 aromatic rings. The van der Waals surface area contributed by atoms with Gasteiger partial charge in [0.1, 0.15) is 6.61 Å². The number of aromatic nitrogens is 4. The van der Waals surface area contributed by atoms with Crippen molar-refractivity contribution in [2.75, 3.05) is 86.0 Å². The van der Waals surface area contributed by atoms with E-state index in [0.29, 0.717) is 115 Å². The zero-order chi connectivity index (χ0) is 44.9. The maximum absolute atomic E-state index is 15.1. The minimum Gasteiger partial charge on any atom is -0.460 e. The standard InChI is InChI=1S/C47H60N8O8/c1-7-31-27(2)35-25-39-32(9-11-41(58)63-23-22-62-21-18-56)28(3)34(50-39)24-36-29(4)33(8-10-40(57)53(6)13-12-48)44(51-36)43-45-42(30(5)37(52-45)26-38(31)49-35)46(59)55(47(43)60)15-14-54-16-19-61-20-17-54/h9,11,24-26,29,33,51-52,56H,7-8,10,12-23,48H2,1-6H3/b11-9+,36-24?,38-26?,39-25?,44-43?/t29-,33-/m0/s1. The number of nitrogens with zero attached hydrogens (tertiary/aromatic N) is 5. The van der Waals surface area contributed by atoms with Crippen molar-refractivity contribution in [3.63, 3.8) is 0 Å². The van der Waals surface area contributed by atoms with Gasteiger partial charge < -0.3 is 39.9 Å². The van der Waals surface area contributed by atoms with Crippen LogP contribution in [0.4, 0.5) is 0 Å². The lowest BCUT2D eigenvalue weighted by Gasteiger charge is -2.31. The number of aliphatic hydroxyl groups excluding tert-OH is 1. The first-order valence-corrected chi connectivity index (χ1v) is 22.0. The van der Waals surface area contributed by atoms with Gasteiger partial charge in [-0.3, -0.25) is 24.2 Å². The van der Waals surface area contributed by atoms with Gasteiger partial charge in [-0.15, -0.1) is 0 Å². The molecule has 1 saturated heterocycles. The molecule has 336 valence electrons. The molecule has 63 heavy (non-hydrogen) atoms. The van der Waals surface area contributed by atoms with Crippen molar-refractivity contribution in [2.45, 2.75) is 65.7 Å². The molecule has 0 aromatic carbocycles. The third-order valence-electron chi connectivity index (χ3n) is 12.8. The Kier molecular flexibility index (Phi) is 14.4. The highest BCUT2D eigenvalue weighted by Gasteiger charge is 2.41. The lowest BCUT2D eigenvalue weighted by molar-refractivity contribution is -0.139. The number of nitrogens with one attached hydrogen (secondary N) is 2. The van der Waals surface area contributed by atoms with E-state index >= 15 is 4.79 Å².